The first-order valence-electron chi connectivity index (χ1n) is 5.22. The molecule has 1 aromatic heterocycles. The number of carboxylic acids is 1. The predicted molar refractivity (Wildman–Crippen MR) is 72.6 cm³/mol. The van der Waals surface area contributed by atoms with Crippen LogP contribution in [0.25, 0.3) is 0 Å². The van der Waals surface area contributed by atoms with E-state index in [0.29, 0.717) is 11.7 Å². The van der Waals surface area contributed by atoms with Crippen LogP contribution >= 0.6 is 22.9 Å². The van der Waals surface area contributed by atoms with Crippen molar-refractivity contribution < 1.29 is 9.90 Å². The Balaban J connectivity index is 2.17. The van der Waals surface area contributed by atoms with E-state index in [1.54, 1.807) is 0 Å². The lowest BCUT2D eigenvalue weighted by molar-refractivity contribution is 0.0702. The Kier molecular flexibility index (Phi) is 3.84. The second-order valence-corrected chi connectivity index (χ2v) is 5.10. The second kappa shape index (κ2) is 5.37. The van der Waals surface area contributed by atoms with Gasteiger partial charge in [-0.25, -0.2) is 9.78 Å². The molecule has 0 atom stereocenters. The zero-order chi connectivity index (χ0) is 13.1. The molecule has 2 rings (SSSR count). The number of thiazole rings is 1. The van der Waals surface area contributed by atoms with E-state index >= 15 is 0 Å². The van der Waals surface area contributed by atoms with Gasteiger partial charge in [-0.3, -0.25) is 0 Å². The van der Waals surface area contributed by atoms with Crippen LogP contribution in [-0.4, -0.2) is 23.1 Å². The molecule has 0 bridgehead atoms. The molecule has 0 aliphatic rings. The summed E-state index contributed by atoms with van der Waals surface area (Å²) in [5, 5.41) is 9.56. The van der Waals surface area contributed by atoms with Gasteiger partial charge in [0.15, 0.2) is 15.2 Å². The molecule has 1 N–H and O–H groups in total. The van der Waals surface area contributed by atoms with Crippen LogP contribution in [0.3, 0.4) is 0 Å². The smallest absolute Gasteiger partial charge is 0.349 e. The molecule has 94 valence electrons. The first-order valence-corrected chi connectivity index (χ1v) is 6.42. The molecule has 0 radical (unpaired) electrons. The first kappa shape index (κ1) is 12.9. The van der Waals surface area contributed by atoms with Crippen molar-refractivity contribution in [2.24, 2.45) is 0 Å². The van der Waals surface area contributed by atoms with Gasteiger partial charge in [0.1, 0.15) is 0 Å². The van der Waals surface area contributed by atoms with Crippen molar-refractivity contribution in [2.45, 2.75) is 6.54 Å². The lowest BCUT2D eigenvalue weighted by Crippen LogP contribution is -2.15. The number of hydrogen-bond acceptors (Lipinski definition) is 4. The van der Waals surface area contributed by atoms with Crippen molar-refractivity contribution in [1.82, 2.24) is 4.98 Å². The second-order valence-electron chi connectivity index (χ2n) is 3.76. The third-order valence-corrected chi connectivity index (χ3v) is 3.90. The number of aromatic carboxylic acids is 1. The maximum Gasteiger partial charge on any atom is 0.349 e. The van der Waals surface area contributed by atoms with E-state index < -0.39 is 5.97 Å². The van der Waals surface area contributed by atoms with Gasteiger partial charge >= 0.3 is 5.97 Å². The third kappa shape index (κ3) is 2.80. The van der Waals surface area contributed by atoms with Gasteiger partial charge in [0.25, 0.3) is 0 Å². The minimum atomic E-state index is -1.04. The highest BCUT2D eigenvalue weighted by atomic mass is 35.5. The third-order valence-electron chi connectivity index (χ3n) is 2.36. The Morgan fingerprint density at radius 3 is 2.67 bits per heavy atom. The Labute approximate surface area is 113 Å². The van der Waals surface area contributed by atoms with Gasteiger partial charge in [-0.2, -0.15) is 0 Å². The number of carbonyl (C=O) groups is 1. The highest BCUT2D eigenvalue weighted by Gasteiger charge is 2.17. The van der Waals surface area contributed by atoms with Crippen LogP contribution < -0.4 is 4.90 Å². The van der Waals surface area contributed by atoms with Gasteiger partial charge in [-0.05, 0) is 5.56 Å². The molecule has 4 nitrogen and oxygen atoms in total. The molecular formula is C12H11ClN2O2S. The molecule has 0 amide bonds. The Morgan fingerprint density at radius 2 is 2.11 bits per heavy atom. The Bertz CT molecular complexity index is 556. The van der Waals surface area contributed by atoms with Gasteiger partial charge < -0.3 is 10.0 Å². The van der Waals surface area contributed by atoms with Crippen LogP contribution in [0, 0.1) is 0 Å². The van der Waals surface area contributed by atoms with Crippen LogP contribution in [0.2, 0.25) is 5.15 Å². The molecule has 0 aliphatic carbocycles. The lowest BCUT2D eigenvalue weighted by Gasteiger charge is -2.15. The molecule has 0 aliphatic heterocycles. The largest absolute Gasteiger partial charge is 0.477 e. The molecule has 1 aromatic carbocycles. The molecule has 6 heteroatoms. The zero-order valence-corrected chi connectivity index (χ0v) is 11.2. The summed E-state index contributed by atoms with van der Waals surface area (Å²) in [7, 11) is 1.85. The summed E-state index contributed by atoms with van der Waals surface area (Å²) in [6.07, 6.45) is 0. The molecule has 0 unspecified atom stereocenters. The average molecular weight is 283 g/mol. The van der Waals surface area contributed by atoms with Crippen LogP contribution in [0.5, 0.6) is 0 Å². The van der Waals surface area contributed by atoms with E-state index in [2.05, 4.69) is 4.98 Å². The van der Waals surface area contributed by atoms with Gasteiger partial charge in [-0.15, -0.1) is 0 Å². The highest BCUT2D eigenvalue weighted by molar-refractivity contribution is 7.18. The summed E-state index contributed by atoms with van der Waals surface area (Å²) in [4.78, 5) is 16.9. The fourth-order valence-corrected chi connectivity index (χ4v) is 2.59. The van der Waals surface area contributed by atoms with E-state index in [1.807, 2.05) is 42.3 Å². The summed E-state index contributed by atoms with van der Waals surface area (Å²) in [6.45, 7) is 0.656. The van der Waals surface area contributed by atoms with E-state index in [1.165, 1.54) is 0 Å². The number of halogens is 1. The van der Waals surface area contributed by atoms with Gasteiger partial charge in [0, 0.05) is 13.6 Å². The number of carboxylic acid groups (broad SMARTS) is 1. The molecule has 2 aromatic rings. The summed E-state index contributed by atoms with van der Waals surface area (Å²) in [6, 6.07) is 9.88. The van der Waals surface area contributed by atoms with Crippen molar-refractivity contribution in [1.29, 1.82) is 0 Å². The van der Waals surface area contributed by atoms with Gasteiger partial charge in [-0.1, -0.05) is 53.3 Å². The summed E-state index contributed by atoms with van der Waals surface area (Å²) >= 11 is 6.86. The molecule has 18 heavy (non-hydrogen) atoms. The summed E-state index contributed by atoms with van der Waals surface area (Å²) in [5.41, 5.74) is 1.13. The standard InChI is InChI=1S/C12H11ClN2O2S/c1-15(7-8-5-3-2-4-6-8)12-14-10(13)9(18-12)11(16)17/h2-6H,7H2,1H3,(H,16,17). The molecule has 0 spiro atoms. The Hall–Kier alpha value is -1.59. The van der Waals surface area contributed by atoms with Gasteiger partial charge in [0.05, 0.1) is 0 Å². The first-order chi connectivity index (χ1) is 8.58. The molecule has 0 fully saturated rings. The van der Waals surface area contributed by atoms with E-state index in [0.717, 1.165) is 16.9 Å². The molecular weight excluding hydrogens is 272 g/mol. The van der Waals surface area contributed by atoms with Crippen molar-refractivity contribution in [3.63, 3.8) is 0 Å². The average Bonchev–Trinajstić information content (AvgIpc) is 2.73. The fourth-order valence-electron chi connectivity index (χ4n) is 1.51. The van der Waals surface area contributed by atoms with Crippen molar-refractivity contribution in [2.75, 3.05) is 11.9 Å². The quantitative estimate of drug-likeness (QED) is 0.936. The Morgan fingerprint density at radius 1 is 1.44 bits per heavy atom. The SMILES string of the molecule is CN(Cc1ccccc1)c1nc(Cl)c(C(=O)O)s1. The van der Waals surface area contributed by atoms with Gasteiger partial charge in [0.2, 0.25) is 0 Å². The monoisotopic (exact) mass is 282 g/mol. The van der Waals surface area contributed by atoms with Crippen LogP contribution in [-0.2, 0) is 6.54 Å². The number of benzene rings is 1. The molecule has 0 saturated carbocycles. The number of aromatic nitrogens is 1. The van der Waals surface area contributed by atoms with Crippen LogP contribution in [0.15, 0.2) is 30.3 Å². The van der Waals surface area contributed by atoms with Crippen molar-refractivity contribution >= 4 is 34.0 Å². The summed E-state index contributed by atoms with van der Waals surface area (Å²) < 4.78 is 0. The van der Waals surface area contributed by atoms with Crippen molar-refractivity contribution in [3.05, 3.63) is 45.9 Å². The minimum Gasteiger partial charge on any atom is -0.477 e. The van der Waals surface area contributed by atoms with E-state index in [9.17, 15) is 4.79 Å². The molecule has 1 heterocycles. The van der Waals surface area contributed by atoms with E-state index in [-0.39, 0.29) is 10.0 Å². The predicted octanol–water partition coefficient (Wildman–Crippen LogP) is 3.13. The zero-order valence-electron chi connectivity index (χ0n) is 9.63. The van der Waals surface area contributed by atoms with E-state index in [4.69, 9.17) is 16.7 Å². The number of hydrogen-bond donors (Lipinski definition) is 1. The fraction of sp³-hybridized carbons (Fsp3) is 0.167. The maximum absolute atomic E-state index is 10.9. The van der Waals surface area contributed by atoms with Crippen LogP contribution in [0.4, 0.5) is 5.13 Å². The highest BCUT2D eigenvalue weighted by Crippen LogP contribution is 2.29. The topological polar surface area (TPSA) is 53.4 Å². The number of nitrogens with zero attached hydrogens (tertiary/aromatic N) is 2. The lowest BCUT2D eigenvalue weighted by atomic mass is 10.2. The number of anilines is 1. The molecule has 0 saturated heterocycles. The van der Waals surface area contributed by atoms with Crippen molar-refractivity contribution in [3.8, 4) is 0 Å². The van der Waals surface area contributed by atoms with Crippen LogP contribution in [0.1, 0.15) is 15.2 Å². The minimum absolute atomic E-state index is 0.0439. The maximum atomic E-state index is 10.9. The summed E-state index contributed by atoms with van der Waals surface area (Å²) in [5.74, 6) is -1.04. The number of rotatable bonds is 4. The normalized spacial score (nSPS) is 10.3.